The molecule has 2 aromatic rings. The lowest BCUT2D eigenvalue weighted by Gasteiger charge is -2.19. The van der Waals surface area contributed by atoms with Crippen LogP contribution in [0.5, 0.6) is 5.75 Å². The van der Waals surface area contributed by atoms with E-state index in [9.17, 15) is 5.11 Å². The number of aromatic hydroxyl groups is 1. The van der Waals surface area contributed by atoms with Crippen LogP contribution in [0.1, 0.15) is 24.9 Å². The van der Waals surface area contributed by atoms with Crippen molar-refractivity contribution < 1.29 is 5.11 Å². The molecule has 1 heterocycles. The number of nitrogens with zero attached hydrogens (tertiary/aromatic N) is 1. The van der Waals surface area contributed by atoms with Gasteiger partial charge in [-0.3, -0.25) is 4.98 Å². The molecule has 1 unspecified atom stereocenters. The van der Waals surface area contributed by atoms with E-state index >= 15 is 0 Å². The normalized spacial score (nSPS) is 12.1. The number of halogens is 1. The maximum atomic E-state index is 9.88. The van der Waals surface area contributed by atoms with Gasteiger partial charge in [-0.05, 0) is 34.5 Å². The Morgan fingerprint density at radius 3 is 2.78 bits per heavy atom. The van der Waals surface area contributed by atoms with Crippen molar-refractivity contribution in [1.82, 2.24) is 4.98 Å². The van der Waals surface area contributed by atoms with Crippen LogP contribution in [0.25, 0.3) is 0 Å². The maximum absolute atomic E-state index is 9.88. The lowest BCUT2D eigenvalue weighted by atomic mass is 10.0. The average molecular weight is 307 g/mol. The van der Waals surface area contributed by atoms with Crippen LogP contribution >= 0.6 is 15.9 Å². The predicted octanol–water partition coefficient (Wildman–Crippen LogP) is 4.11. The number of rotatable bonds is 4. The Hall–Kier alpha value is -1.55. The number of benzene rings is 1. The topological polar surface area (TPSA) is 45.2 Å². The summed E-state index contributed by atoms with van der Waals surface area (Å²) in [5.74, 6) is 0.319. The lowest BCUT2D eigenvalue weighted by Crippen LogP contribution is -2.10. The molecule has 1 aromatic heterocycles. The second-order valence-corrected chi connectivity index (χ2v) is 4.97. The van der Waals surface area contributed by atoms with Crippen LogP contribution in [0.4, 0.5) is 5.69 Å². The minimum absolute atomic E-state index is 0.0716. The number of anilines is 1. The van der Waals surface area contributed by atoms with Crippen molar-refractivity contribution in [2.24, 2.45) is 0 Å². The molecule has 1 aromatic carbocycles. The van der Waals surface area contributed by atoms with Crippen molar-refractivity contribution in [3.8, 4) is 5.75 Å². The zero-order valence-electron chi connectivity index (χ0n) is 10.1. The fourth-order valence-corrected chi connectivity index (χ4v) is 2.24. The van der Waals surface area contributed by atoms with Gasteiger partial charge in [-0.25, -0.2) is 0 Å². The molecule has 4 heteroatoms. The van der Waals surface area contributed by atoms with Gasteiger partial charge in [0.2, 0.25) is 0 Å². The van der Waals surface area contributed by atoms with Crippen molar-refractivity contribution in [3.05, 3.63) is 52.8 Å². The third-order valence-electron chi connectivity index (χ3n) is 2.77. The molecule has 2 rings (SSSR count). The summed E-state index contributed by atoms with van der Waals surface area (Å²) < 4.78 is 0.930. The quantitative estimate of drug-likeness (QED) is 0.893. The van der Waals surface area contributed by atoms with Gasteiger partial charge in [0.1, 0.15) is 5.75 Å². The Morgan fingerprint density at radius 1 is 1.33 bits per heavy atom. The number of phenolic OH excluding ortho intramolecular Hbond substituents is 1. The van der Waals surface area contributed by atoms with E-state index in [4.69, 9.17) is 0 Å². The standard InChI is InChI=1S/C14H15BrN2O/c1-2-13(12-5-3-4-6-14(12)18)17-11-7-10(15)8-16-9-11/h3-9,13,17-18H,2H2,1H3. The maximum Gasteiger partial charge on any atom is 0.120 e. The molecule has 0 radical (unpaired) electrons. The molecule has 0 fully saturated rings. The molecule has 0 amide bonds. The smallest absolute Gasteiger partial charge is 0.120 e. The van der Waals surface area contributed by atoms with Crippen LogP contribution in [0.2, 0.25) is 0 Å². The van der Waals surface area contributed by atoms with Crippen LogP contribution in [0, 0.1) is 0 Å². The number of phenols is 1. The highest BCUT2D eigenvalue weighted by Gasteiger charge is 2.12. The van der Waals surface area contributed by atoms with Crippen molar-refractivity contribution in [2.45, 2.75) is 19.4 Å². The number of para-hydroxylation sites is 1. The lowest BCUT2D eigenvalue weighted by molar-refractivity contribution is 0.463. The Balaban J connectivity index is 2.23. The predicted molar refractivity (Wildman–Crippen MR) is 76.7 cm³/mol. The Morgan fingerprint density at radius 2 is 2.11 bits per heavy atom. The number of hydrogen-bond donors (Lipinski definition) is 2. The van der Waals surface area contributed by atoms with Gasteiger partial charge in [0.25, 0.3) is 0 Å². The van der Waals surface area contributed by atoms with Gasteiger partial charge < -0.3 is 10.4 Å². The molecule has 3 nitrogen and oxygen atoms in total. The molecule has 0 spiro atoms. The van der Waals surface area contributed by atoms with E-state index in [0.29, 0.717) is 5.75 Å². The average Bonchev–Trinajstić information content (AvgIpc) is 2.37. The van der Waals surface area contributed by atoms with Crippen LogP contribution in [-0.2, 0) is 0 Å². The first-order chi connectivity index (χ1) is 8.70. The first-order valence-corrected chi connectivity index (χ1v) is 6.65. The SMILES string of the molecule is CCC(Nc1cncc(Br)c1)c1ccccc1O. The number of nitrogens with one attached hydrogen (secondary N) is 1. The highest BCUT2D eigenvalue weighted by atomic mass is 79.9. The number of hydrogen-bond acceptors (Lipinski definition) is 3. The molecule has 0 saturated heterocycles. The van der Waals surface area contributed by atoms with E-state index < -0.39 is 0 Å². The van der Waals surface area contributed by atoms with Crippen LogP contribution in [0.3, 0.4) is 0 Å². The van der Waals surface area contributed by atoms with Crippen molar-refractivity contribution >= 4 is 21.6 Å². The van der Waals surface area contributed by atoms with E-state index in [-0.39, 0.29) is 6.04 Å². The minimum atomic E-state index is 0.0716. The van der Waals surface area contributed by atoms with E-state index in [1.54, 1.807) is 18.5 Å². The summed E-state index contributed by atoms with van der Waals surface area (Å²) in [4.78, 5) is 4.12. The van der Waals surface area contributed by atoms with E-state index in [2.05, 4.69) is 33.2 Å². The van der Waals surface area contributed by atoms with E-state index in [1.165, 1.54) is 0 Å². The van der Waals surface area contributed by atoms with Gasteiger partial charge in [0.15, 0.2) is 0 Å². The zero-order chi connectivity index (χ0) is 13.0. The van der Waals surface area contributed by atoms with Gasteiger partial charge in [0, 0.05) is 16.2 Å². The van der Waals surface area contributed by atoms with Crippen LogP contribution in [-0.4, -0.2) is 10.1 Å². The van der Waals surface area contributed by atoms with Crippen molar-refractivity contribution in [1.29, 1.82) is 0 Å². The monoisotopic (exact) mass is 306 g/mol. The Bertz CT molecular complexity index is 531. The fourth-order valence-electron chi connectivity index (χ4n) is 1.87. The highest BCUT2D eigenvalue weighted by molar-refractivity contribution is 9.10. The molecule has 18 heavy (non-hydrogen) atoms. The summed E-state index contributed by atoms with van der Waals surface area (Å²) in [6.45, 7) is 2.08. The molecule has 0 aliphatic rings. The molecular formula is C14H15BrN2O. The third kappa shape index (κ3) is 3.01. The van der Waals surface area contributed by atoms with E-state index in [1.807, 2.05) is 24.3 Å². The van der Waals surface area contributed by atoms with Crippen LogP contribution < -0.4 is 5.32 Å². The summed E-state index contributed by atoms with van der Waals surface area (Å²) in [5, 5.41) is 13.3. The summed E-state index contributed by atoms with van der Waals surface area (Å²) in [5.41, 5.74) is 1.83. The number of aromatic nitrogens is 1. The second-order valence-electron chi connectivity index (χ2n) is 4.06. The summed E-state index contributed by atoms with van der Waals surface area (Å²) >= 11 is 3.39. The summed E-state index contributed by atoms with van der Waals surface area (Å²) in [6, 6.07) is 9.43. The summed E-state index contributed by atoms with van der Waals surface area (Å²) in [7, 11) is 0. The molecule has 0 saturated carbocycles. The molecule has 94 valence electrons. The third-order valence-corrected chi connectivity index (χ3v) is 3.20. The Labute approximate surface area is 115 Å². The van der Waals surface area contributed by atoms with Gasteiger partial charge >= 0.3 is 0 Å². The molecule has 0 bridgehead atoms. The molecular weight excluding hydrogens is 292 g/mol. The van der Waals surface area contributed by atoms with E-state index in [0.717, 1.165) is 22.1 Å². The molecule has 2 N–H and O–H groups in total. The summed E-state index contributed by atoms with van der Waals surface area (Å²) in [6.07, 6.45) is 4.39. The molecule has 1 atom stereocenters. The molecule has 0 aliphatic carbocycles. The first-order valence-electron chi connectivity index (χ1n) is 5.85. The van der Waals surface area contributed by atoms with Crippen LogP contribution in [0.15, 0.2) is 47.2 Å². The fraction of sp³-hybridized carbons (Fsp3) is 0.214. The largest absolute Gasteiger partial charge is 0.508 e. The van der Waals surface area contributed by atoms with Crippen molar-refractivity contribution in [2.75, 3.05) is 5.32 Å². The first kappa shape index (κ1) is 12.9. The van der Waals surface area contributed by atoms with Gasteiger partial charge in [0.05, 0.1) is 17.9 Å². The Kier molecular flexibility index (Phi) is 4.20. The number of pyridine rings is 1. The zero-order valence-corrected chi connectivity index (χ0v) is 11.7. The van der Waals surface area contributed by atoms with Gasteiger partial charge in [-0.15, -0.1) is 0 Å². The minimum Gasteiger partial charge on any atom is -0.508 e. The molecule has 0 aliphatic heterocycles. The highest BCUT2D eigenvalue weighted by Crippen LogP contribution is 2.29. The van der Waals surface area contributed by atoms with Crippen molar-refractivity contribution in [3.63, 3.8) is 0 Å². The van der Waals surface area contributed by atoms with Gasteiger partial charge in [-0.2, -0.15) is 0 Å². The second kappa shape index (κ2) is 5.87. The van der Waals surface area contributed by atoms with Gasteiger partial charge in [-0.1, -0.05) is 25.1 Å².